The summed E-state index contributed by atoms with van der Waals surface area (Å²) in [6.07, 6.45) is 0. The Morgan fingerprint density at radius 1 is 1.19 bits per heavy atom. The van der Waals surface area contributed by atoms with E-state index in [1.165, 1.54) is 17.4 Å². The summed E-state index contributed by atoms with van der Waals surface area (Å²) >= 11 is 3.11. The number of hydrogen-bond acceptors (Lipinski definition) is 5. The van der Waals surface area contributed by atoms with Gasteiger partial charge < -0.3 is 10.1 Å². The maximum Gasteiger partial charge on any atom is 0.251 e. The minimum Gasteiger partial charge on any atom is -0.487 e. The SMILES string of the molecule is O=C(NCCSCc1ccccc1F)c1ccc(OCc2cscn2)cc1. The van der Waals surface area contributed by atoms with Crippen molar-refractivity contribution in [2.75, 3.05) is 12.3 Å². The van der Waals surface area contributed by atoms with Crippen LogP contribution < -0.4 is 10.1 Å². The lowest BCUT2D eigenvalue weighted by Gasteiger charge is -2.08. The molecule has 0 aliphatic carbocycles. The van der Waals surface area contributed by atoms with Crippen molar-refractivity contribution in [2.45, 2.75) is 12.4 Å². The van der Waals surface area contributed by atoms with Gasteiger partial charge in [-0.25, -0.2) is 9.37 Å². The maximum absolute atomic E-state index is 13.5. The summed E-state index contributed by atoms with van der Waals surface area (Å²) in [4.78, 5) is 16.3. The summed E-state index contributed by atoms with van der Waals surface area (Å²) in [6, 6.07) is 13.8. The van der Waals surface area contributed by atoms with Crippen LogP contribution in [0.1, 0.15) is 21.6 Å². The summed E-state index contributed by atoms with van der Waals surface area (Å²) in [5.74, 6) is 1.68. The Balaban J connectivity index is 1.37. The Labute approximate surface area is 165 Å². The molecule has 0 aliphatic rings. The first kappa shape index (κ1) is 19.4. The molecule has 0 aliphatic heterocycles. The van der Waals surface area contributed by atoms with Gasteiger partial charge in [-0.2, -0.15) is 11.8 Å². The number of thioether (sulfide) groups is 1. The van der Waals surface area contributed by atoms with E-state index < -0.39 is 0 Å². The maximum atomic E-state index is 13.5. The average molecular weight is 403 g/mol. The first-order valence-electron chi connectivity index (χ1n) is 8.41. The molecule has 3 aromatic rings. The zero-order valence-electron chi connectivity index (χ0n) is 14.6. The molecule has 1 N–H and O–H groups in total. The number of carbonyl (C=O) groups is 1. The van der Waals surface area contributed by atoms with Gasteiger partial charge in [0.15, 0.2) is 0 Å². The van der Waals surface area contributed by atoms with Gasteiger partial charge in [0.25, 0.3) is 5.91 Å². The lowest BCUT2D eigenvalue weighted by atomic mass is 10.2. The number of amides is 1. The lowest BCUT2D eigenvalue weighted by molar-refractivity contribution is 0.0956. The van der Waals surface area contributed by atoms with E-state index >= 15 is 0 Å². The fourth-order valence-electron chi connectivity index (χ4n) is 2.30. The second-order valence-electron chi connectivity index (χ2n) is 5.69. The van der Waals surface area contributed by atoms with Gasteiger partial charge in [-0.05, 0) is 35.9 Å². The van der Waals surface area contributed by atoms with Gasteiger partial charge in [-0.3, -0.25) is 4.79 Å². The van der Waals surface area contributed by atoms with Gasteiger partial charge in [-0.15, -0.1) is 11.3 Å². The second kappa shape index (κ2) is 10.1. The molecule has 1 amide bonds. The molecule has 0 radical (unpaired) electrons. The number of thiazole rings is 1. The van der Waals surface area contributed by atoms with E-state index in [2.05, 4.69) is 10.3 Å². The first-order valence-corrected chi connectivity index (χ1v) is 10.5. The zero-order valence-corrected chi connectivity index (χ0v) is 16.2. The number of ether oxygens (including phenoxy) is 1. The molecule has 7 heteroatoms. The van der Waals surface area contributed by atoms with E-state index in [-0.39, 0.29) is 11.7 Å². The summed E-state index contributed by atoms with van der Waals surface area (Å²) in [5.41, 5.74) is 3.91. The van der Waals surface area contributed by atoms with E-state index in [1.807, 2.05) is 11.4 Å². The fraction of sp³-hybridized carbons (Fsp3) is 0.200. The molecule has 0 unspecified atom stereocenters. The molecule has 0 saturated heterocycles. The number of aromatic nitrogens is 1. The van der Waals surface area contributed by atoms with Gasteiger partial charge in [0, 0.05) is 29.0 Å². The van der Waals surface area contributed by atoms with Crippen LogP contribution in [0.4, 0.5) is 4.39 Å². The van der Waals surface area contributed by atoms with Crippen molar-refractivity contribution in [1.82, 2.24) is 10.3 Å². The Bertz CT molecular complexity index is 855. The molecule has 27 heavy (non-hydrogen) atoms. The van der Waals surface area contributed by atoms with Crippen molar-refractivity contribution in [2.24, 2.45) is 0 Å². The monoisotopic (exact) mass is 402 g/mol. The van der Waals surface area contributed by atoms with Crippen LogP contribution in [-0.4, -0.2) is 23.2 Å². The standard InChI is InChI=1S/C20H19FN2O2S2/c21-19-4-2-1-3-16(19)12-26-10-9-22-20(24)15-5-7-18(8-6-15)25-11-17-13-27-14-23-17/h1-8,13-14H,9-12H2,(H,22,24). The molecule has 3 rings (SSSR count). The van der Waals surface area contributed by atoms with Crippen LogP contribution in [0.3, 0.4) is 0 Å². The number of benzene rings is 2. The molecule has 2 aromatic carbocycles. The Morgan fingerprint density at radius 2 is 2.00 bits per heavy atom. The fourth-order valence-corrected chi connectivity index (χ4v) is 3.69. The van der Waals surface area contributed by atoms with Crippen LogP contribution in [-0.2, 0) is 12.4 Å². The molecule has 0 atom stereocenters. The molecule has 1 heterocycles. The van der Waals surface area contributed by atoms with Crippen LogP contribution >= 0.6 is 23.1 Å². The minimum absolute atomic E-state index is 0.132. The van der Waals surface area contributed by atoms with Crippen LogP contribution in [0.2, 0.25) is 0 Å². The van der Waals surface area contributed by atoms with E-state index in [9.17, 15) is 9.18 Å². The molecule has 140 valence electrons. The molecule has 0 spiro atoms. The molecule has 1 aromatic heterocycles. The van der Waals surface area contributed by atoms with Gasteiger partial charge in [0.05, 0.1) is 11.2 Å². The van der Waals surface area contributed by atoms with E-state index in [4.69, 9.17) is 4.74 Å². The van der Waals surface area contributed by atoms with Gasteiger partial charge in [-0.1, -0.05) is 18.2 Å². The number of carbonyl (C=O) groups excluding carboxylic acids is 1. The Hall–Kier alpha value is -2.38. The number of halogens is 1. The Kier molecular flexibility index (Phi) is 7.24. The third kappa shape index (κ3) is 6.08. The number of nitrogens with zero attached hydrogens (tertiary/aromatic N) is 1. The molecule has 0 bridgehead atoms. The first-order chi connectivity index (χ1) is 13.2. The molecular weight excluding hydrogens is 383 g/mol. The largest absolute Gasteiger partial charge is 0.487 e. The summed E-state index contributed by atoms with van der Waals surface area (Å²) in [7, 11) is 0. The Morgan fingerprint density at radius 3 is 2.74 bits per heavy atom. The van der Waals surface area contributed by atoms with Crippen LogP contribution in [0.15, 0.2) is 59.4 Å². The minimum atomic E-state index is -0.189. The zero-order chi connectivity index (χ0) is 18.9. The predicted molar refractivity (Wildman–Crippen MR) is 108 cm³/mol. The van der Waals surface area contributed by atoms with E-state index in [0.29, 0.717) is 35.8 Å². The van der Waals surface area contributed by atoms with Crippen LogP contribution in [0.5, 0.6) is 5.75 Å². The third-order valence-electron chi connectivity index (χ3n) is 3.73. The molecule has 0 fully saturated rings. The van der Waals surface area contributed by atoms with Gasteiger partial charge in [0.2, 0.25) is 0 Å². The van der Waals surface area contributed by atoms with Gasteiger partial charge >= 0.3 is 0 Å². The van der Waals surface area contributed by atoms with Crippen LogP contribution in [0, 0.1) is 5.82 Å². The average Bonchev–Trinajstić information content (AvgIpc) is 3.21. The highest BCUT2D eigenvalue weighted by atomic mass is 32.2. The molecular formula is C20H19FN2O2S2. The topological polar surface area (TPSA) is 51.2 Å². The van der Waals surface area contributed by atoms with Gasteiger partial charge in [0.1, 0.15) is 18.2 Å². The third-order valence-corrected chi connectivity index (χ3v) is 5.38. The lowest BCUT2D eigenvalue weighted by Crippen LogP contribution is -2.25. The van der Waals surface area contributed by atoms with Crippen molar-refractivity contribution in [3.8, 4) is 5.75 Å². The molecule has 0 saturated carbocycles. The quantitative estimate of drug-likeness (QED) is 0.535. The highest BCUT2D eigenvalue weighted by molar-refractivity contribution is 7.98. The predicted octanol–water partition coefficient (Wildman–Crippen LogP) is 4.52. The van der Waals surface area contributed by atoms with Crippen molar-refractivity contribution in [1.29, 1.82) is 0 Å². The summed E-state index contributed by atoms with van der Waals surface area (Å²) in [5, 5.41) is 4.81. The second-order valence-corrected chi connectivity index (χ2v) is 7.52. The van der Waals surface area contributed by atoms with Crippen molar-refractivity contribution in [3.05, 3.63) is 82.1 Å². The number of nitrogens with one attached hydrogen (secondary N) is 1. The van der Waals surface area contributed by atoms with Crippen molar-refractivity contribution in [3.63, 3.8) is 0 Å². The molecule has 4 nitrogen and oxygen atoms in total. The summed E-state index contributed by atoms with van der Waals surface area (Å²) < 4.78 is 19.1. The van der Waals surface area contributed by atoms with Crippen LogP contribution in [0.25, 0.3) is 0 Å². The van der Waals surface area contributed by atoms with Crippen molar-refractivity contribution >= 4 is 29.0 Å². The van der Waals surface area contributed by atoms with E-state index in [1.54, 1.807) is 53.7 Å². The number of hydrogen-bond donors (Lipinski definition) is 1. The number of rotatable bonds is 9. The van der Waals surface area contributed by atoms with E-state index in [0.717, 1.165) is 11.4 Å². The highest BCUT2D eigenvalue weighted by Gasteiger charge is 2.06. The normalized spacial score (nSPS) is 10.6. The highest BCUT2D eigenvalue weighted by Crippen LogP contribution is 2.16. The summed E-state index contributed by atoms with van der Waals surface area (Å²) in [6.45, 7) is 0.939. The smallest absolute Gasteiger partial charge is 0.251 e. The van der Waals surface area contributed by atoms with Crippen molar-refractivity contribution < 1.29 is 13.9 Å².